The molecule has 0 spiro atoms. The van der Waals surface area contributed by atoms with E-state index in [1.807, 2.05) is 22.6 Å². The predicted molar refractivity (Wildman–Crippen MR) is 68.3 cm³/mol. The summed E-state index contributed by atoms with van der Waals surface area (Å²) < 4.78 is 29.1. The van der Waals surface area contributed by atoms with Crippen molar-refractivity contribution in [3.8, 4) is 5.75 Å². The van der Waals surface area contributed by atoms with Crippen molar-refractivity contribution in [2.24, 2.45) is 0 Å². The monoisotopic (exact) mass is 404 g/mol. The van der Waals surface area contributed by atoms with Crippen LogP contribution in [0.15, 0.2) is 18.2 Å². The third-order valence-corrected chi connectivity index (χ3v) is 3.46. The van der Waals surface area contributed by atoms with Gasteiger partial charge in [0.05, 0.1) is 5.33 Å². The van der Waals surface area contributed by atoms with Gasteiger partial charge >= 0.3 is 6.61 Å². The Bertz CT molecular complexity index is 385. The van der Waals surface area contributed by atoms with Gasteiger partial charge in [0, 0.05) is 9.99 Å². The third kappa shape index (κ3) is 4.32. The molecule has 0 amide bonds. The number of carbonyl (C=O) groups excluding carboxylic acids is 1. The molecule has 0 N–H and O–H groups in total. The van der Waals surface area contributed by atoms with Gasteiger partial charge in [-0.15, -0.1) is 0 Å². The maximum absolute atomic E-state index is 12.0. The predicted octanol–water partition coefficient (Wildman–Crippen LogP) is 3.40. The molecule has 0 unspecified atom stereocenters. The molecule has 0 aliphatic carbocycles. The minimum atomic E-state index is -2.85. The SMILES string of the molecule is O=C(CBr)Cc1cc(OC(F)F)ccc1I. The summed E-state index contributed by atoms with van der Waals surface area (Å²) in [6.45, 7) is -2.85. The van der Waals surface area contributed by atoms with E-state index in [4.69, 9.17) is 0 Å². The molecule has 0 saturated carbocycles. The Morgan fingerprint density at radius 1 is 1.50 bits per heavy atom. The molecule has 2 nitrogen and oxygen atoms in total. The molecule has 0 radical (unpaired) electrons. The number of Topliss-reactive ketones (excluding diaryl/α,β-unsaturated/α-hetero) is 1. The van der Waals surface area contributed by atoms with Gasteiger partial charge in [-0.1, -0.05) is 15.9 Å². The first-order valence-electron chi connectivity index (χ1n) is 4.34. The van der Waals surface area contributed by atoms with Crippen LogP contribution in [-0.2, 0) is 11.2 Å². The number of carbonyl (C=O) groups is 1. The second kappa shape index (κ2) is 6.48. The van der Waals surface area contributed by atoms with Gasteiger partial charge in [-0.25, -0.2) is 0 Å². The Hall–Kier alpha value is -0.240. The fraction of sp³-hybridized carbons (Fsp3) is 0.300. The van der Waals surface area contributed by atoms with Gasteiger partial charge in [0.25, 0.3) is 0 Å². The minimum absolute atomic E-state index is 0.00730. The van der Waals surface area contributed by atoms with Crippen LogP contribution in [0.25, 0.3) is 0 Å². The largest absolute Gasteiger partial charge is 0.435 e. The van der Waals surface area contributed by atoms with Crippen molar-refractivity contribution >= 4 is 44.3 Å². The molecular weight excluding hydrogens is 397 g/mol. The van der Waals surface area contributed by atoms with Crippen molar-refractivity contribution in [1.82, 2.24) is 0 Å². The Morgan fingerprint density at radius 2 is 2.19 bits per heavy atom. The maximum atomic E-state index is 12.0. The molecule has 0 atom stereocenters. The van der Waals surface area contributed by atoms with E-state index in [1.54, 1.807) is 6.07 Å². The van der Waals surface area contributed by atoms with E-state index < -0.39 is 6.61 Å². The van der Waals surface area contributed by atoms with Crippen LogP contribution >= 0.6 is 38.5 Å². The Morgan fingerprint density at radius 3 is 2.75 bits per heavy atom. The number of ketones is 1. The topological polar surface area (TPSA) is 26.3 Å². The lowest BCUT2D eigenvalue weighted by Crippen LogP contribution is -2.07. The molecule has 0 aliphatic rings. The molecule has 0 aromatic heterocycles. The second-order valence-corrected chi connectivity index (χ2v) is 4.70. The summed E-state index contributed by atoms with van der Waals surface area (Å²) in [5, 5.41) is 0.253. The minimum Gasteiger partial charge on any atom is -0.435 e. The average molecular weight is 405 g/mol. The first kappa shape index (κ1) is 13.8. The first-order valence-corrected chi connectivity index (χ1v) is 6.54. The van der Waals surface area contributed by atoms with E-state index in [0.29, 0.717) is 5.56 Å². The molecule has 1 aromatic rings. The van der Waals surface area contributed by atoms with Crippen molar-refractivity contribution < 1.29 is 18.3 Å². The zero-order chi connectivity index (χ0) is 12.1. The van der Waals surface area contributed by atoms with Gasteiger partial charge < -0.3 is 4.74 Å². The number of halogens is 4. The zero-order valence-electron chi connectivity index (χ0n) is 8.05. The summed E-state index contributed by atoms with van der Waals surface area (Å²) in [4.78, 5) is 11.2. The molecule has 0 fully saturated rings. The van der Waals surface area contributed by atoms with Crippen molar-refractivity contribution in [2.75, 3.05) is 5.33 Å². The standard InChI is InChI=1S/C10H8BrF2IO2/c11-5-7(15)3-6-4-8(16-10(12)13)1-2-9(6)14/h1-2,4,10H,3,5H2. The summed E-state index contributed by atoms with van der Waals surface area (Å²) in [5.41, 5.74) is 0.697. The molecule has 0 heterocycles. The van der Waals surface area contributed by atoms with Crippen molar-refractivity contribution in [3.63, 3.8) is 0 Å². The van der Waals surface area contributed by atoms with E-state index in [2.05, 4.69) is 20.7 Å². The van der Waals surface area contributed by atoms with E-state index in [9.17, 15) is 13.6 Å². The smallest absolute Gasteiger partial charge is 0.387 e. The van der Waals surface area contributed by atoms with Gasteiger partial charge in [-0.05, 0) is 46.4 Å². The number of hydrogen-bond acceptors (Lipinski definition) is 2. The third-order valence-electron chi connectivity index (χ3n) is 1.78. The van der Waals surface area contributed by atoms with Crippen molar-refractivity contribution in [2.45, 2.75) is 13.0 Å². The van der Waals surface area contributed by atoms with Crippen LogP contribution in [0.2, 0.25) is 0 Å². The van der Waals surface area contributed by atoms with Crippen LogP contribution in [0, 0.1) is 3.57 Å². The highest BCUT2D eigenvalue weighted by atomic mass is 127. The van der Waals surface area contributed by atoms with Gasteiger partial charge in [-0.2, -0.15) is 8.78 Å². The van der Waals surface area contributed by atoms with E-state index in [1.165, 1.54) is 12.1 Å². The average Bonchev–Trinajstić information content (AvgIpc) is 2.22. The van der Waals surface area contributed by atoms with E-state index in [-0.39, 0.29) is 23.3 Å². The number of ether oxygens (including phenoxy) is 1. The zero-order valence-corrected chi connectivity index (χ0v) is 11.8. The quantitative estimate of drug-likeness (QED) is 0.555. The summed E-state index contributed by atoms with van der Waals surface area (Å²) in [7, 11) is 0. The molecule has 0 aliphatic heterocycles. The summed E-state index contributed by atoms with van der Waals surface area (Å²) in [6.07, 6.45) is 0.212. The molecular formula is C10H8BrF2IO2. The van der Waals surface area contributed by atoms with Crippen molar-refractivity contribution in [3.05, 3.63) is 27.3 Å². The van der Waals surface area contributed by atoms with Crippen LogP contribution in [0.4, 0.5) is 8.78 Å². The molecule has 6 heteroatoms. The van der Waals surface area contributed by atoms with Crippen LogP contribution in [0.1, 0.15) is 5.56 Å². The molecule has 0 bridgehead atoms. The number of benzene rings is 1. The summed E-state index contributed by atoms with van der Waals surface area (Å²) in [5.74, 6) is 0.0694. The Kier molecular flexibility index (Phi) is 5.60. The van der Waals surface area contributed by atoms with Gasteiger partial charge in [0.2, 0.25) is 0 Å². The Labute approximate surface area is 114 Å². The lowest BCUT2D eigenvalue weighted by molar-refractivity contribution is -0.115. The molecule has 0 saturated heterocycles. The number of rotatable bonds is 5. The molecule has 88 valence electrons. The van der Waals surface area contributed by atoms with Gasteiger partial charge in [-0.3, -0.25) is 4.79 Å². The molecule has 1 rings (SSSR count). The maximum Gasteiger partial charge on any atom is 0.387 e. The summed E-state index contributed by atoms with van der Waals surface area (Å²) in [6, 6.07) is 4.57. The lowest BCUT2D eigenvalue weighted by atomic mass is 10.1. The highest BCUT2D eigenvalue weighted by Crippen LogP contribution is 2.21. The van der Waals surface area contributed by atoms with E-state index >= 15 is 0 Å². The highest BCUT2D eigenvalue weighted by Gasteiger charge is 2.09. The fourth-order valence-corrected chi connectivity index (χ4v) is 1.85. The van der Waals surface area contributed by atoms with Crippen LogP contribution in [0.3, 0.4) is 0 Å². The highest BCUT2D eigenvalue weighted by molar-refractivity contribution is 14.1. The van der Waals surface area contributed by atoms with Gasteiger partial charge in [0.15, 0.2) is 0 Å². The van der Waals surface area contributed by atoms with Gasteiger partial charge in [0.1, 0.15) is 11.5 Å². The lowest BCUT2D eigenvalue weighted by Gasteiger charge is -2.08. The normalized spacial score (nSPS) is 10.6. The first-order chi connectivity index (χ1) is 7.52. The van der Waals surface area contributed by atoms with Crippen LogP contribution < -0.4 is 4.74 Å². The number of alkyl halides is 3. The summed E-state index contributed by atoms with van der Waals surface area (Å²) >= 11 is 5.10. The molecule has 1 aromatic carbocycles. The Balaban J connectivity index is 2.86. The molecule has 16 heavy (non-hydrogen) atoms. The van der Waals surface area contributed by atoms with Crippen molar-refractivity contribution in [1.29, 1.82) is 0 Å². The fourth-order valence-electron chi connectivity index (χ4n) is 1.12. The van der Waals surface area contributed by atoms with E-state index in [0.717, 1.165) is 3.57 Å². The van der Waals surface area contributed by atoms with Crippen LogP contribution in [-0.4, -0.2) is 17.7 Å². The van der Waals surface area contributed by atoms with Crippen LogP contribution in [0.5, 0.6) is 5.75 Å². The number of hydrogen-bond donors (Lipinski definition) is 0. The second-order valence-electron chi connectivity index (χ2n) is 2.98.